The van der Waals surface area contributed by atoms with Gasteiger partial charge < -0.3 is 14.7 Å². The van der Waals surface area contributed by atoms with E-state index < -0.39 is 0 Å². The third kappa shape index (κ3) is 3.65. The summed E-state index contributed by atoms with van der Waals surface area (Å²) >= 11 is 0. The van der Waals surface area contributed by atoms with Crippen LogP contribution in [0.2, 0.25) is 0 Å². The molecule has 0 N–H and O–H groups in total. The Morgan fingerprint density at radius 3 is 2.32 bits per heavy atom. The highest BCUT2D eigenvalue weighted by Gasteiger charge is 2.32. The molecule has 0 bridgehead atoms. The van der Waals surface area contributed by atoms with Gasteiger partial charge in [-0.2, -0.15) is 10.1 Å². The second-order valence-corrected chi connectivity index (χ2v) is 7.81. The van der Waals surface area contributed by atoms with Crippen molar-refractivity contribution in [2.45, 2.75) is 32.2 Å². The van der Waals surface area contributed by atoms with E-state index in [0.717, 1.165) is 36.4 Å². The summed E-state index contributed by atoms with van der Waals surface area (Å²) in [4.78, 5) is 15.4. The van der Waals surface area contributed by atoms with Gasteiger partial charge in [0.2, 0.25) is 5.95 Å². The van der Waals surface area contributed by atoms with E-state index in [1.54, 1.807) is 6.20 Å². The van der Waals surface area contributed by atoms with Gasteiger partial charge in [0.05, 0.1) is 11.7 Å². The van der Waals surface area contributed by atoms with Gasteiger partial charge in [0.25, 0.3) is 0 Å². The van der Waals surface area contributed by atoms with Crippen LogP contribution in [0.15, 0.2) is 24.4 Å². The Morgan fingerprint density at radius 1 is 1.04 bits per heavy atom. The quantitative estimate of drug-likeness (QED) is 0.842. The van der Waals surface area contributed by atoms with Crippen molar-refractivity contribution in [3.05, 3.63) is 30.1 Å². The summed E-state index contributed by atoms with van der Waals surface area (Å²) in [5.74, 6) is 2.60. The largest absolute Gasteiger partial charge is 0.363 e. The lowest BCUT2D eigenvalue weighted by Gasteiger charge is -2.44. The molecule has 0 aromatic carbocycles. The predicted molar refractivity (Wildman–Crippen MR) is 101 cm³/mol. The first kappa shape index (κ1) is 17.4. The Morgan fingerprint density at radius 2 is 1.76 bits per heavy atom. The SMILES string of the molecule is CN(C)c1ccnc(N(C)C2CN(c3ccc(C(C)(C)C)nn3)C2)n1. The first-order chi connectivity index (χ1) is 11.8. The summed E-state index contributed by atoms with van der Waals surface area (Å²) in [6.45, 7) is 8.23. The summed E-state index contributed by atoms with van der Waals surface area (Å²) in [6.07, 6.45) is 1.81. The highest BCUT2D eigenvalue weighted by Crippen LogP contribution is 2.25. The van der Waals surface area contributed by atoms with Gasteiger partial charge in [0.15, 0.2) is 5.82 Å². The van der Waals surface area contributed by atoms with Gasteiger partial charge in [-0.3, -0.25) is 0 Å². The molecule has 0 aliphatic carbocycles. The van der Waals surface area contributed by atoms with Crippen LogP contribution in [0.4, 0.5) is 17.6 Å². The molecule has 134 valence electrons. The minimum Gasteiger partial charge on any atom is -0.363 e. The van der Waals surface area contributed by atoms with Crippen LogP contribution in [0, 0.1) is 0 Å². The lowest BCUT2D eigenvalue weighted by atomic mass is 9.92. The van der Waals surface area contributed by atoms with E-state index in [0.29, 0.717) is 6.04 Å². The number of rotatable bonds is 4. The second-order valence-electron chi connectivity index (χ2n) is 7.81. The number of likely N-dealkylation sites (N-methyl/N-ethyl adjacent to an activating group) is 1. The van der Waals surface area contributed by atoms with Gasteiger partial charge in [-0.1, -0.05) is 20.8 Å². The zero-order valence-corrected chi connectivity index (χ0v) is 15.9. The molecule has 7 heteroatoms. The average Bonchev–Trinajstić information content (AvgIpc) is 2.53. The maximum Gasteiger partial charge on any atom is 0.227 e. The van der Waals surface area contributed by atoms with E-state index in [2.05, 4.69) is 62.9 Å². The normalized spacial score (nSPS) is 15.0. The van der Waals surface area contributed by atoms with Crippen molar-refractivity contribution < 1.29 is 0 Å². The van der Waals surface area contributed by atoms with Gasteiger partial charge in [-0.15, -0.1) is 5.10 Å². The molecule has 0 spiro atoms. The molecule has 2 aromatic rings. The highest BCUT2D eigenvalue weighted by atomic mass is 15.4. The van der Waals surface area contributed by atoms with Crippen molar-refractivity contribution >= 4 is 17.6 Å². The lowest BCUT2D eigenvalue weighted by molar-refractivity contribution is 0.482. The zero-order valence-electron chi connectivity index (χ0n) is 15.9. The topological polar surface area (TPSA) is 61.3 Å². The first-order valence-electron chi connectivity index (χ1n) is 8.58. The fourth-order valence-electron chi connectivity index (χ4n) is 2.70. The van der Waals surface area contributed by atoms with Crippen LogP contribution in [0.5, 0.6) is 0 Å². The molecular formula is C18H27N7. The van der Waals surface area contributed by atoms with Gasteiger partial charge in [-0.05, 0) is 18.2 Å². The van der Waals surface area contributed by atoms with Crippen molar-refractivity contribution in [2.24, 2.45) is 0 Å². The summed E-state index contributed by atoms with van der Waals surface area (Å²) in [5, 5.41) is 8.77. The fraction of sp³-hybridized carbons (Fsp3) is 0.556. The van der Waals surface area contributed by atoms with E-state index in [4.69, 9.17) is 0 Å². The van der Waals surface area contributed by atoms with E-state index in [9.17, 15) is 0 Å². The lowest BCUT2D eigenvalue weighted by Crippen LogP contribution is -2.59. The average molecular weight is 341 g/mol. The molecule has 7 nitrogen and oxygen atoms in total. The van der Waals surface area contributed by atoms with Crippen LogP contribution in [0.1, 0.15) is 26.5 Å². The van der Waals surface area contributed by atoms with Crippen molar-refractivity contribution in [1.29, 1.82) is 0 Å². The molecule has 1 saturated heterocycles. The molecule has 1 aliphatic rings. The molecule has 3 rings (SSSR count). The van der Waals surface area contributed by atoms with E-state index >= 15 is 0 Å². The van der Waals surface area contributed by atoms with Crippen molar-refractivity contribution in [1.82, 2.24) is 20.2 Å². The Kier molecular flexibility index (Phi) is 4.49. The van der Waals surface area contributed by atoms with Gasteiger partial charge in [0, 0.05) is 45.8 Å². The Balaban J connectivity index is 1.63. The van der Waals surface area contributed by atoms with Crippen LogP contribution >= 0.6 is 0 Å². The standard InChI is InChI=1S/C18H27N7/c1-18(2,3)14-7-8-16(22-21-14)25-11-13(12-25)24(6)17-19-10-9-15(20-17)23(4)5/h7-10,13H,11-12H2,1-6H3. The smallest absolute Gasteiger partial charge is 0.227 e. The molecule has 0 radical (unpaired) electrons. The predicted octanol–water partition coefficient (Wildman–Crippen LogP) is 1.96. The number of aromatic nitrogens is 4. The molecule has 1 fully saturated rings. The molecule has 2 aromatic heterocycles. The Labute approximate surface area is 149 Å². The zero-order chi connectivity index (χ0) is 18.2. The molecule has 0 saturated carbocycles. The van der Waals surface area contributed by atoms with Crippen LogP contribution in [-0.2, 0) is 5.41 Å². The van der Waals surface area contributed by atoms with Gasteiger partial charge in [-0.25, -0.2) is 4.98 Å². The first-order valence-corrected chi connectivity index (χ1v) is 8.58. The molecule has 0 atom stereocenters. The van der Waals surface area contributed by atoms with Crippen molar-refractivity contribution in [3.63, 3.8) is 0 Å². The maximum absolute atomic E-state index is 4.61. The minimum atomic E-state index is 0.0258. The Bertz CT molecular complexity index is 715. The van der Waals surface area contributed by atoms with Crippen LogP contribution in [-0.4, -0.2) is 60.4 Å². The van der Waals surface area contributed by atoms with Gasteiger partial charge in [0.1, 0.15) is 5.82 Å². The molecular weight excluding hydrogens is 314 g/mol. The highest BCUT2D eigenvalue weighted by molar-refractivity contribution is 5.48. The number of hydrogen-bond donors (Lipinski definition) is 0. The maximum atomic E-state index is 4.61. The Hall–Kier alpha value is -2.44. The minimum absolute atomic E-state index is 0.0258. The third-order valence-electron chi connectivity index (χ3n) is 4.55. The number of nitrogens with zero attached hydrogens (tertiary/aromatic N) is 7. The number of hydrogen-bond acceptors (Lipinski definition) is 7. The summed E-state index contributed by atoms with van der Waals surface area (Å²) in [5.41, 5.74) is 1.04. The second kappa shape index (κ2) is 6.46. The molecule has 3 heterocycles. The van der Waals surface area contributed by atoms with Crippen LogP contribution < -0.4 is 14.7 Å². The summed E-state index contributed by atoms with van der Waals surface area (Å²) < 4.78 is 0. The summed E-state index contributed by atoms with van der Waals surface area (Å²) in [7, 11) is 6.01. The molecule has 1 aliphatic heterocycles. The molecule has 0 unspecified atom stereocenters. The molecule has 0 amide bonds. The van der Waals surface area contributed by atoms with E-state index in [1.807, 2.05) is 32.1 Å². The van der Waals surface area contributed by atoms with E-state index in [-0.39, 0.29) is 5.41 Å². The van der Waals surface area contributed by atoms with Crippen LogP contribution in [0.25, 0.3) is 0 Å². The van der Waals surface area contributed by atoms with Crippen molar-refractivity contribution in [3.8, 4) is 0 Å². The molecule has 25 heavy (non-hydrogen) atoms. The van der Waals surface area contributed by atoms with Crippen molar-refractivity contribution in [2.75, 3.05) is 48.9 Å². The van der Waals surface area contributed by atoms with Gasteiger partial charge >= 0.3 is 0 Å². The summed E-state index contributed by atoms with van der Waals surface area (Å²) in [6, 6.07) is 6.42. The number of anilines is 3. The monoisotopic (exact) mass is 341 g/mol. The van der Waals surface area contributed by atoms with E-state index in [1.165, 1.54) is 0 Å². The van der Waals surface area contributed by atoms with Crippen LogP contribution in [0.3, 0.4) is 0 Å². The third-order valence-corrected chi connectivity index (χ3v) is 4.55. The fourth-order valence-corrected chi connectivity index (χ4v) is 2.70.